The molecule has 0 saturated carbocycles. The fourth-order valence-electron chi connectivity index (χ4n) is 2.49. The standard InChI is InChI=1S/C21H17FO3/c1-24-21(23)17-10-11-20(22)19(13-17)16-8-5-9-18(12-16)25-14-15-6-3-2-4-7-15/h2-13H,14H2,1H3. The number of carbonyl (C=O) groups excluding carboxylic acids is 1. The smallest absolute Gasteiger partial charge is 0.337 e. The lowest BCUT2D eigenvalue weighted by atomic mass is 10.0. The molecule has 0 aromatic heterocycles. The number of carbonyl (C=O) groups is 1. The van der Waals surface area contributed by atoms with Gasteiger partial charge in [0.15, 0.2) is 0 Å². The Morgan fingerprint density at radius 1 is 0.960 bits per heavy atom. The first-order valence-electron chi connectivity index (χ1n) is 7.82. The Hall–Kier alpha value is -3.14. The van der Waals surface area contributed by atoms with Crippen LogP contribution < -0.4 is 4.74 Å². The summed E-state index contributed by atoms with van der Waals surface area (Å²) in [6.45, 7) is 0.426. The van der Waals surface area contributed by atoms with Crippen molar-refractivity contribution in [3.8, 4) is 16.9 Å². The summed E-state index contributed by atoms with van der Waals surface area (Å²) in [6.07, 6.45) is 0. The van der Waals surface area contributed by atoms with Crippen LogP contribution in [-0.2, 0) is 11.3 Å². The van der Waals surface area contributed by atoms with E-state index in [-0.39, 0.29) is 0 Å². The Balaban J connectivity index is 1.85. The van der Waals surface area contributed by atoms with Crippen molar-refractivity contribution in [2.45, 2.75) is 6.61 Å². The maximum Gasteiger partial charge on any atom is 0.337 e. The van der Waals surface area contributed by atoms with Crippen LogP contribution in [0.25, 0.3) is 11.1 Å². The summed E-state index contributed by atoms with van der Waals surface area (Å²) in [6, 6.07) is 21.1. The molecule has 0 amide bonds. The van der Waals surface area contributed by atoms with Gasteiger partial charge in [-0.1, -0.05) is 42.5 Å². The van der Waals surface area contributed by atoms with Gasteiger partial charge in [-0.25, -0.2) is 9.18 Å². The first-order chi connectivity index (χ1) is 12.2. The van der Waals surface area contributed by atoms with Gasteiger partial charge in [0.25, 0.3) is 0 Å². The van der Waals surface area contributed by atoms with Gasteiger partial charge in [-0.05, 0) is 41.5 Å². The SMILES string of the molecule is COC(=O)c1ccc(F)c(-c2cccc(OCc3ccccc3)c2)c1. The zero-order chi connectivity index (χ0) is 17.6. The van der Waals surface area contributed by atoms with Gasteiger partial charge in [0, 0.05) is 5.56 Å². The highest BCUT2D eigenvalue weighted by atomic mass is 19.1. The average molecular weight is 336 g/mol. The minimum absolute atomic E-state index is 0.300. The van der Waals surface area contributed by atoms with Crippen molar-refractivity contribution in [3.05, 3.63) is 89.7 Å². The van der Waals surface area contributed by atoms with Gasteiger partial charge in [-0.3, -0.25) is 0 Å². The summed E-state index contributed by atoms with van der Waals surface area (Å²) >= 11 is 0. The van der Waals surface area contributed by atoms with Gasteiger partial charge in [0.1, 0.15) is 18.2 Å². The van der Waals surface area contributed by atoms with Crippen LogP contribution >= 0.6 is 0 Å². The van der Waals surface area contributed by atoms with Gasteiger partial charge >= 0.3 is 5.97 Å². The molecule has 0 heterocycles. The zero-order valence-electron chi connectivity index (χ0n) is 13.7. The molecule has 0 aliphatic heterocycles. The predicted octanol–water partition coefficient (Wildman–Crippen LogP) is 4.86. The monoisotopic (exact) mass is 336 g/mol. The van der Waals surface area contributed by atoms with Gasteiger partial charge in [0.05, 0.1) is 12.7 Å². The lowest BCUT2D eigenvalue weighted by molar-refractivity contribution is 0.0600. The molecule has 3 aromatic rings. The Labute approximate surface area is 145 Å². The maximum atomic E-state index is 14.2. The van der Waals surface area contributed by atoms with Crippen LogP contribution in [0.4, 0.5) is 4.39 Å². The van der Waals surface area contributed by atoms with Gasteiger partial charge in [0.2, 0.25) is 0 Å². The molecule has 3 nitrogen and oxygen atoms in total. The van der Waals surface area contributed by atoms with Crippen molar-refractivity contribution in [2.24, 2.45) is 0 Å². The molecule has 0 atom stereocenters. The second-order valence-corrected chi connectivity index (χ2v) is 5.49. The highest BCUT2D eigenvalue weighted by Crippen LogP contribution is 2.28. The van der Waals surface area contributed by atoms with Crippen LogP contribution in [0.1, 0.15) is 15.9 Å². The molecule has 0 radical (unpaired) electrons. The summed E-state index contributed by atoms with van der Waals surface area (Å²) in [5.41, 5.74) is 2.31. The van der Waals surface area contributed by atoms with E-state index in [0.717, 1.165) is 5.56 Å². The second-order valence-electron chi connectivity index (χ2n) is 5.49. The van der Waals surface area contributed by atoms with Crippen molar-refractivity contribution >= 4 is 5.97 Å². The minimum Gasteiger partial charge on any atom is -0.489 e. The van der Waals surface area contributed by atoms with E-state index in [9.17, 15) is 9.18 Å². The Bertz CT molecular complexity index is 875. The molecule has 0 aliphatic carbocycles. The fourth-order valence-corrected chi connectivity index (χ4v) is 2.49. The average Bonchev–Trinajstić information content (AvgIpc) is 2.67. The molecular formula is C21H17FO3. The van der Waals surface area contributed by atoms with Crippen LogP contribution in [0.5, 0.6) is 5.75 Å². The highest BCUT2D eigenvalue weighted by Gasteiger charge is 2.12. The van der Waals surface area contributed by atoms with E-state index in [1.165, 1.54) is 25.3 Å². The van der Waals surface area contributed by atoms with Crippen LogP contribution in [0, 0.1) is 5.82 Å². The number of benzene rings is 3. The fraction of sp³-hybridized carbons (Fsp3) is 0.0952. The zero-order valence-corrected chi connectivity index (χ0v) is 13.7. The van der Waals surface area contributed by atoms with Crippen molar-refractivity contribution in [3.63, 3.8) is 0 Å². The molecule has 0 N–H and O–H groups in total. The molecule has 25 heavy (non-hydrogen) atoms. The topological polar surface area (TPSA) is 35.5 Å². The number of hydrogen-bond acceptors (Lipinski definition) is 3. The molecule has 0 saturated heterocycles. The molecule has 0 aliphatic rings. The van der Waals surface area contributed by atoms with Gasteiger partial charge < -0.3 is 9.47 Å². The molecule has 0 unspecified atom stereocenters. The molecule has 126 valence electrons. The van der Waals surface area contributed by atoms with Gasteiger partial charge in [-0.2, -0.15) is 0 Å². The van der Waals surface area contributed by atoms with E-state index in [1.54, 1.807) is 18.2 Å². The Kier molecular flexibility index (Phi) is 5.09. The van der Waals surface area contributed by atoms with Crippen molar-refractivity contribution in [1.82, 2.24) is 0 Å². The van der Waals surface area contributed by atoms with E-state index in [2.05, 4.69) is 0 Å². The quantitative estimate of drug-likeness (QED) is 0.624. The second kappa shape index (κ2) is 7.62. The molecule has 3 aromatic carbocycles. The number of rotatable bonds is 5. The Morgan fingerprint density at radius 3 is 2.52 bits per heavy atom. The minimum atomic E-state index is -0.502. The first kappa shape index (κ1) is 16.7. The van der Waals surface area contributed by atoms with Crippen LogP contribution in [0.2, 0.25) is 0 Å². The van der Waals surface area contributed by atoms with E-state index < -0.39 is 11.8 Å². The highest BCUT2D eigenvalue weighted by molar-refractivity contribution is 5.91. The van der Waals surface area contributed by atoms with E-state index in [4.69, 9.17) is 9.47 Å². The normalized spacial score (nSPS) is 10.3. The first-order valence-corrected chi connectivity index (χ1v) is 7.82. The van der Waals surface area contributed by atoms with E-state index in [0.29, 0.717) is 29.0 Å². The molecule has 0 spiro atoms. The van der Waals surface area contributed by atoms with E-state index >= 15 is 0 Å². The number of methoxy groups -OCH3 is 1. The number of halogens is 1. The number of hydrogen-bond donors (Lipinski definition) is 0. The van der Waals surface area contributed by atoms with Crippen LogP contribution in [-0.4, -0.2) is 13.1 Å². The van der Waals surface area contributed by atoms with Crippen LogP contribution in [0.15, 0.2) is 72.8 Å². The molecule has 0 bridgehead atoms. The Morgan fingerprint density at radius 2 is 1.76 bits per heavy atom. The van der Waals surface area contributed by atoms with Crippen molar-refractivity contribution in [1.29, 1.82) is 0 Å². The third-order valence-corrected chi connectivity index (χ3v) is 3.78. The largest absolute Gasteiger partial charge is 0.489 e. The lowest BCUT2D eigenvalue weighted by Crippen LogP contribution is -2.02. The maximum absolute atomic E-state index is 14.2. The van der Waals surface area contributed by atoms with Crippen molar-refractivity contribution in [2.75, 3.05) is 7.11 Å². The van der Waals surface area contributed by atoms with Crippen LogP contribution in [0.3, 0.4) is 0 Å². The third kappa shape index (κ3) is 4.04. The predicted molar refractivity (Wildman–Crippen MR) is 93.9 cm³/mol. The summed E-state index contributed by atoms with van der Waals surface area (Å²) < 4.78 is 24.7. The number of esters is 1. The summed E-state index contributed by atoms with van der Waals surface area (Å²) in [7, 11) is 1.30. The van der Waals surface area contributed by atoms with Crippen molar-refractivity contribution < 1.29 is 18.7 Å². The lowest BCUT2D eigenvalue weighted by Gasteiger charge is -2.10. The molecular weight excluding hydrogens is 319 g/mol. The molecule has 4 heteroatoms. The summed E-state index contributed by atoms with van der Waals surface area (Å²) in [5, 5.41) is 0. The summed E-state index contributed by atoms with van der Waals surface area (Å²) in [5.74, 6) is -0.283. The number of ether oxygens (including phenoxy) is 2. The third-order valence-electron chi connectivity index (χ3n) is 3.78. The van der Waals surface area contributed by atoms with Gasteiger partial charge in [-0.15, -0.1) is 0 Å². The summed E-state index contributed by atoms with van der Waals surface area (Å²) in [4.78, 5) is 11.7. The molecule has 0 fully saturated rings. The van der Waals surface area contributed by atoms with E-state index in [1.807, 2.05) is 36.4 Å². The molecule has 3 rings (SSSR count).